The molecular formula is C19H18N4O2. The van der Waals surface area contributed by atoms with Gasteiger partial charge in [0.2, 0.25) is 0 Å². The van der Waals surface area contributed by atoms with Crippen LogP contribution < -0.4 is 15.4 Å². The molecule has 0 atom stereocenters. The number of hydrogen-bond acceptors (Lipinski definition) is 5. The van der Waals surface area contributed by atoms with E-state index < -0.39 is 0 Å². The molecule has 1 amide bonds. The molecule has 2 N–H and O–H groups in total. The number of nitrogens with zero attached hydrogens (tertiary/aromatic N) is 2. The van der Waals surface area contributed by atoms with Crippen LogP contribution in [0.3, 0.4) is 0 Å². The van der Waals surface area contributed by atoms with Crippen molar-refractivity contribution in [1.29, 1.82) is 0 Å². The Hall–Kier alpha value is -3.41. The lowest BCUT2D eigenvalue weighted by atomic mass is 10.2. The Labute approximate surface area is 145 Å². The standard InChI is InChI=1S/C19H18N4O2/c1-25-17-4-2-3-16(11-17)23-19(24)18-12-15(7-10-21-18)22-13-14-5-8-20-9-6-14/h2-12H,13H2,1H3,(H,21,22)(H,23,24). The summed E-state index contributed by atoms with van der Waals surface area (Å²) in [7, 11) is 1.58. The molecule has 6 nitrogen and oxygen atoms in total. The molecule has 126 valence electrons. The Balaban J connectivity index is 1.66. The number of methoxy groups -OCH3 is 1. The fourth-order valence-corrected chi connectivity index (χ4v) is 2.27. The maximum atomic E-state index is 12.4. The van der Waals surface area contributed by atoms with Crippen molar-refractivity contribution in [2.24, 2.45) is 0 Å². The van der Waals surface area contributed by atoms with Gasteiger partial charge >= 0.3 is 0 Å². The van der Waals surface area contributed by atoms with Gasteiger partial charge in [-0.25, -0.2) is 0 Å². The van der Waals surface area contributed by atoms with E-state index in [1.54, 1.807) is 43.9 Å². The molecule has 6 heteroatoms. The van der Waals surface area contributed by atoms with Crippen molar-refractivity contribution in [3.63, 3.8) is 0 Å². The van der Waals surface area contributed by atoms with E-state index in [1.165, 1.54) is 0 Å². The van der Waals surface area contributed by atoms with E-state index in [-0.39, 0.29) is 5.91 Å². The van der Waals surface area contributed by atoms with Crippen molar-refractivity contribution in [3.8, 4) is 5.75 Å². The van der Waals surface area contributed by atoms with E-state index in [0.717, 1.165) is 11.3 Å². The summed E-state index contributed by atoms with van der Waals surface area (Å²) in [5.74, 6) is 0.402. The number of hydrogen-bond donors (Lipinski definition) is 2. The molecular weight excluding hydrogens is 316 g/mol. The maximum absolute atomic E-state index is 12.4. The topological polar surface area (TPSA) is 76.1 Å². The zero-order valence-electron chi connectivity index (χ0n) is 13.8. The monoisotopic (exact) mass is 334 g/mol. The number of nitrogens with one attached hydrogen (secondary N) is 2. The fourth-order valence-electron chi connectivity index (χ4n) is 2.27. The van der Waals surface area contributed by atoms with Gasteiger partial charge in [-0.15, -0.1) is 0 Å². The summed E-state index contributed by atoms with van der Waals surface area (Å²) in [4.78, 5) is 20.5. The normalized spacial score (nSPS) is 10.1. The highest BCUT2D eigenvalue weighted by molar-refractivity contribution is 6.03. The first-order valence-corrected chi connectivity index (χ1v) is 7.79. The molecule has 0 saturated heterocycles. The van der Waals surface area contributed by atoms with Crippen LogP contribution in [0.15, 0.2) is 67.1 Å². The van der Waals surface area contributed by atoms with Crippen LogP contribution in [0.25, 0.3) is 0 Å². The minimum Gasteiger partial charge on any atom is -0.497 e. The SMILES string of the molecule is COc1cccc(NC(=O)c2cc(NCc3ccncc3)ccn2)c1. The first-order chi connectivity index (χ1) is 12.2. The lowest BCUT2D eigenvalue weighted by molar-refractivity contribution is 0.102. The molecule has 0 unspecified atom stereocenters. The highest BCUT2D eigenvalue weighted by Gasteiger charge is 2.09. The largest absolute Gasteiger partial charge is 0.497 e. The summed E-state index contributed by atoms with van der Waals surface area (Å²) in [6.07, 6.45) is 5.10. The molecule has 0 fully saturated rings. The van der Waals surface area contributed by atoms with Gasteiger partial charge in [0.1, 0.15) is 11.4 Å². The van der Waals surface area contributed by atoms with Gasteiger partial charge in [0.25, 0.3) is 5.91 Å². The quantitative estimate of drug-likeness (QED) is 0.723. The van der Waals surface area contributed by atoms with E-state index in [0.29, 0.717) is 23.7 Å². The molecule has 2 aromatic heterocycles. The van der Waals surface area contributed by atoms with Crippen molar-refractivity contribution < 1.29 is 9.53 Å². The molecule has 3 aromatic rings. The molecule has 0 aliphatic heterocycles. The molecule has 0 saturated carbocycles. The molecule has 2 heterocycles. The van der Waals surface area contributed by atoms with Crippen LogP contribution in [0.5, 0.6) is 5.75 Å². The second kappa shape index (κ2) is 7.92. The van der Waals surface area contributed by atoms with Crippen LogP contribution in [0.1, 0.15) is 16.1 Å². The highest BCUT2D eigenvalue weighted by Crippen LogP contribution is 2.18. The van der Waals surface area contributed by atoms with Crippen LogP contribution in [0.4, 0.5) is 11.4 Å². The van der Waals surface area contributed by atoms with Gasteiger partial charge < -0.3 is 15.4 Å². The number of amides is 1. The van der Waals surface area contributed by atoms with Gasteiger partial charge in [0, 0.05) is 42.6 Å². The first kappa shape index (κ1) is 16.4. The number of anilines is 2. The molecule has 0 aliphatic rings. The van der Waals surface area contributed by atoms with Gasteiger partial charge in [0.05, 0.1) is 7.11 Å². The first-order valence-electron chi connectivity index (χ1n) is 7.79. The molecule has 0 spiro atoms. The summed E-state index contributed by atoms with van der Waals surface area (Å²) < 4.78 is 5.15. The lowest BCUT2D eigenvalue weighted by Crippen LogP contribution is -2.14. The van der Waals surface area contributed by atoms with Crippen molar-refractivity contribution in [3.05, 3.63) is 78.4 Å². The van der Waals surface area contributed by atoms with Gasteiger partial charge in [-0.2, -0.15) is 0 Å². The van der Waals surface area contributed by atoms with Crippen molar-refractivity contribution in [1.82, 2.24) is 9.97 Å². The van der Waals surface area contributed by atoms with E-state index >= 15 is 0 Å². The Kier molecular flexibility index (Phi) is 5.21. The number of carbonyl (C=O) groups excluding carboxylic acids is 1. The van der Waals surface area contributed by atoms with Crippen LogP contribution in [0.2, 0.25) is 0 Å². The number of carbonyl (C=O) groups is 1. The van der Waals surface area contributed by atoms with Crippen molar-refractivity contribution in [2.45, 2.75) is 6.54 Å². The number of pyridine rings is 2. The summed E-state index contributed by atoms with van der Waals surface area (Å²) in [5, 5.41) is 6.09. The van der Waals surface area contributed by atoms with Crippen LogP contribution in [0, 0.1) is 0 Å². The second-order valence-corrected chi connectivity index (χ2v) is 5.32. The predicted octanol–water partition coefficient (Wildman–Crippen LogP) is 3.35. The minimum atomic E-state index is -0.277. The Morgan fingerprint density at radius 1 is 1.04 bits per heavy atom. The zero-order valence-corrected chi connectivity index (χ0v) is 13.8. The maximum Gasteiger partial charge on any atom is 0.274 e. The van der Waals surface area contributed by atoms with Gasteiger partial charge in [-0.1, -0.05) is 6.07 Å². The van der Waals surface area contributed by atoms with E-state index in [2.05, 4.69) is 20.6 Å². The average molecular weight is 334 g/mol. The van der Waals surface area contributed by atoms with E-state index in [4.69, 9.17) is 4.74 Å². The number of benzene rings is 1. The average Bonchev–Trinajstić information content (AvgIpc) is 2.67. The van der Waals surface area contributed by atoms with E-state index in [9.17, 15) is 4.79 Å². The lowest BCUT2D eigenvalue weighted by Gasteiger charge is -2.09. The minimum absolute atomic E-state index is 0.277. The molecule has 1 aromatic carbocycles. The molecule has 25 heavy (non-hydrogen) atoms. The van der Waals surface area contributed by atoms with Crippen LogP contribution in [-0.2, 0) is 6.54 Å². The molecule has 3 rings (SSSR count). The third-order valence-electron chi connectivity index (χ3n) is 3.57. The third-order valence-corrected chi connectivity index (χ3v) is 3.57. The molecule has 0 bridgehead atoms. The van der Waals surface area contributed by atoms with Crippen molar-refractivity contribution >= 4 is 17.3 Å². The second-order valence-electron chi connectivity index (χ2n) is 5.32. The van der Waals surface area contributed by atoms with Crippen molar-refractivity contribution in [2.75, 3.05) is 17.7 Å². The molecule has 0 aliphatic carbocycles. The number of aromatic nitrogens is 2. The Morgan fingerprint density at radius 2 is 1.88 bits per heavy atom. The zero-order chi connectivity index (χ0) is 17.5. The number of rotatable bonds is 6. The van der Waals surface area contributed by atoms with Crippen LogP contribution >= 0.6 is 0 Å². The Bertz CT molecular complexity index is 853. The third kappa shape index (κ3) is 4.54. The predicted molar refractivity (Wildman–Crippen MR) is 96.7 cm³/mol. The Morgan fingerprint density at radius 3 is 2.68 bits per heavy atom. The van der Waals surface area contributed by atoms with Gasteiger partial charge in [-0.3, -0.25) is 14.8 Å². The summed E-state index contributed by atoms with van der Waals surface area (Å²) in [6, 6.07) is 14.6. The van der Waals surface area contributed by atoms with Crippen LogP contribution in [-0.4, -0.2) is 23.0 Å². The molecule has 0 radical (unpaired) electrons. The van der Waals surface area contributed by atoms with E-state index in [1.807, 2.05) is 30.3 Å². The summed E-state index contributed by atoms with van der Waals surface area (Å²) in [6.45, 7) is 0.642. The smallest absolute Gasteiger partial charge is 0.274 e. The number of ether oxygens (including phenoxy) is 1. The fraction of sp³-hybridized carbons (Fsp3) is 0.105. The highest BCUT2D eigenvalue weighted by atomic mass is 16.5. The van der Waals surface area contributed by atoms with Gasteiger partial charge in [0.15, 0.2) is 0 Å². The van der Waals surface area contributed by atoms with Gasteiger partial charge in [-0.05, 0) is 42.0 Å². The summed E-state index contributed by atoms with van der Waals surface area (Å²) in [5.41, 5.74) is 2.92. The summed E-state index contributed by atoms with van der Waals surface area (Å²) >= 11 is 0.